The lowest BCUT2D eigenvalue weighted by Gasteiger charge is -2.34. The minimum Gasteiger partial charge on any atom is -0.377 e. The number of rotatable bonds is 4. The molecule has 5 rings (SSSR count). The van der Waals surface area contributed by atoms with Gasteiger partial charge in [0.2, 0.25) is 0 Å². The molecule has 0 amide bonds. The Morgan fingerprint density at radius 2 is 2.09 bits per heavy atom. The van der Waals surface area contributed by atoms with Crippen molar-refractivity contribution in [2.24, 2.45) is 7.05 Å². The second-order valence-electron chi connectivity index (χ2n) is 8.32. The van der Waals surface area contributed by atoms with E-state index < -0.39 is 0 Å². The van der Waals surface area contributed by atoms with Crippen molar-refractivity contribution in [1.82, 2.24) is 24.1 Å². The highest BCUT2D eigenvalue weighted by molar-refractivity contribution is 5.82. The highest BCUT2D eigenvalue weighted by atomic mass is 16.5. The van der Waals surface area contributed by atoms with Crippen LogP contribution in [0.1, 0.15) is 18.2 Å². The van der Waals surface area contributed by atoms with E-state index in [9.17, 15) is 4.79 Å². The number of aryl methyl sites for hydroxylation is 2. The zero-order valence-corrected chi connectivity index (χ0v) is 18.5. The largest absolute Gasteiger partial charge is 0.377 e. The topological polar surface area (TPSA) is 78.1 Å². The molecule has 1 fully saturated rings. The van der Waals surface area contributed by atoms with E-state index in [-0.39, 0.29) is 11.6 Å². The Morgan fingerprint density at radius 1 is 1.22 bits per heavy atom. The smallest absolute Gasteiger partial charge is 0.253 e. The molecule has 1 aliphatic heterocycles. The molecule has 0 aliphatic carbocycles. The van der Waals surface area contributed by atoms with E-state index in [1.165, 1.54) is 0 Å². The van der Waals surface area contributed by atoms with Crippen LogP contribution in [0, 0.1) is 6.92 Å². The van der Waals surface area contributed by atoms with Crippen LogP contribution in [0.3, 0.4) is 0 Å². The van der Waals surface area contributed by atoms with Crippen LogP contribution in [0.4, 0.5) is 5.82 Å². The monoisotopic (exact) mass is 430 g/mol. The lowest BCUT2D eigenvalue weighted by Crippen LogP contribution is -2.44. The zero-order chi connectivity index (χ0) is 22.2. The van der Waals surface area contributed by atoms with Crippen LogP contribution >= 0.6 is 0 Å². The Kier molecular flexibility index (Phi) is 5.22. The summed E-state index contributed by atoms with van der Waals surface area (Å²) in [5.74, 6) is 1.71. The first-order valence-corrected chi connectivity index (χ1v) is 10.8. The lowest BCUT2D eigenvalue weighted by atomic mass is 10.2. The summed E-state index contributed by atoms with van der Waals surface area (Å²) in [6, 6.07) is 10.2. The maximum Gasteiger partial charge on any atom is 0.253 e. The van der Waals surface area contributed by atoms with Crippen LogP contribution in [0.25, 0.3) is 22.4 Å². The van der Waals surface area contributed by atoms with Crippen molar-refractivity contribution in [2.45, 2.75) is 26.4 Å². The summed E-state index contributed by atoms with van der Waals surface area (Å²) in [6.07, 6.45) is 5.47. The average molecular weight is 431 g/mol. The molecule has 1 atom stereocenters. The van der Waals surface area contributed by atoms with E-state index in [1.807, 2.05) is 43.6 Å². The SMILES string of the molecule is Cc1cc(-c2nc3cnc(N4CCOC[C@@H]4C)cc3n2Cc2ccccn2)cn(C)c1=O. The standard InChI is InChI=1S/C24H26N6O2/c1-16-10-18(13-28(3)24(16)31)23-27-20-12-26-22(29-8-9-32-15-17(29)2)11-21(20)30(23)14-19-6-4-5-7-25-19/h4-7,10-13,17H,8-9,14-15H2,1-3H3/t17-/m0/s1. The normalized spacial score (nSPS) is 16.6. The van der Waals surface area contributed by atoms with Gasteiger partial charge in [-0.2, -0.15) is 0 Å². The molecule has 8 heteroatoms. The highest BCUT2D eigenvalue weighted by Crippen LogP contribution is 2.28. The number of morpholine rings is 1. The first-order valence-electron chi connectivity index (χ1n) is 10.8. The van der Waals surface area contributed by atoms with Gasteiger partial charge >= 0.3 is 0 Å². The van der Waals surface area contributed by atoms with E-state index in [0.717, 1.165) is 40.5 Å². The summed E-state index contributed by atoms with van der Waals surface area (Å²) in [7, 11) is 1.77. The molecule has 164 valence electrons. The van der Waals surface area contributed by atoms with Crippen molar-refractivity contribution in [2.75, 3.05) is 24.7 Å². The molecule has 0 unspecified atom stereocenters. The molecule has 4 aromatic heterocycles. The van der Waals surface area contributed by atoms with E-state index in [1.54, 1.807) is 17.8 Å². The van der Waals surface area contributed by atoms with E-state index in [4.69, 9.17) is 14.7 Å². The summed E-state index contributed by atoms with van der Waals surface area (Å²) in [4.78, 5) is 28.7. The van der Waals surface area contributed by atoms with Crippen molar-refractivity contribution in [3.05, 3.63) is 70.5 Å². The molecule has 8 nitrogen and oxygen atoms in total. The van der Waals surface area contributed by atoms with Gasteiger partial charge in [-0.05, 0) is 32.0 Å². The van der Waals surface area contributed by atoms with Gasteiger partial charge in [0.25, 0.3) is 5.56 Å². The van der Waals surface area contributed by atoms with Crippen molar-refractivity contribution in [3.63, 3.8) is 0 Å². The van der Waals surface area contributed by atoms with Crippen LogP contribution in [-0.4, -0.2) is 49.9 Å². The van der Waals surface area contributed by atoms with Gasteiger partial charge in [0, 0.05) is 43.2 Å². The van der Waals surface area contributed by atoms with E-state index >= 15 is 0 Å². The zero-order valence-electron chi connectivity index (χ0n) is 18.5. The van der Waals surface area contributed by atoms with Gasteiger partial charge in [-0.15, -0.1) is 0 Å². The van der Waals surface area contributed by atoms with Gasteiger partial charge in [-0.1, -0.05) is 6.07 Å². The van der Waals surface area contributed by atoms with Crippen LogP contribution in [0.5, 0.6) is 0 Å². The third kappa shape index (κ3) is 3.67. The minimum absolute atomic E-state index is 0.00797. The fourth-order valence-electron chi connectivity index (χ4n) is 4.28. The molecule has 0 N–H and O–H groups in total. The molecule has 1 aliphatic rings. The Hall–Kier alpha value is -3.52. The number of nitrogens with zero attached hydrogens (tertiary/aromatic N) is 6. The number of anilines is 1. The van der Waals surface area contributed by atoms with Crippen molar-refractivity contribution < 1.29 is 4.74 Å². The van der Waals surface area contributed by atoms with Crippen LogP contribution < -0.4 is 10.5 Å². The average Bonchev–Trinajstić information content (AvgIpc) is 3.16. The molecular weight excluding hydrogens is 404 g/mol. The molecule has 0 saturated carbocycles. The number of hydrogen-bond acceptors (Lipinski definition) is 6. The predicted octanol–water partition coefficient (Wildman–Crippen LogP) is 2.77. The van der Waals surface area contributed by atoms with Crippen molar-refractivity contribution >= 4 is 16.9 Å². The first kappa shape index (κ1) is 20.4. The van der Waals surface area contributed by atoms with Gasteiger partial charge in [-0.25, -0.2) is 9.97 Å². The van der Waals surface area contributed by atoms with Gasteiger partial charge in [0.1, 0.15) is 17.2 Å². The summed E-state index contributed by atoms with van der Waals surface area (Å²) in [6.45, 7) is 6.73. The molecule has 1 saturated heterocycles. The molecular formula is C24H26N6O2. The third-order valence-electron chi connectivity index (χ3n) is 5.95. The van der Waals surface area contributed by atoms with Gasteiger partial charge in [-0.3, -0.25) is 9.78 Å². The highest BCUT2D eigenvalue weighted by Gasteiger charge is 2.22. The molecule has 5 heterocycles. The maximum atomic E-state index is 12.3. The molecule has 4 aromatic rings. The Bertz CT molecular complexity index is 1300. The number of aromatic nitrogens is 5. The predicted molar refractivity (Wildman–Crippen MR) is 124 cm³/mol. The van der Waals surface area contributed by atoms with Crippen LogP contribution in [-0.2, 0) is 18.3 Å². The molecule has 0 aromatic carbocycles. The van der Waals surface area contributed by atoms with E-state index in [2.05, 4.69) is 27.4 Å². The Morgan fingerprint density at radius 3 is 2.84 bits per heavy atom. The second kappa shape index (κ2) is 8.20. The quantitative estimate of drug-likeness (QED) is 0.495. The fraction of sp³-hybridized carbons (Fsp3) is 0.333. The van der Waals surface area contributed by atoms with Gasteiger partial charge < -0.3 is 18.8 Å². The second-order valence-corrected chi connectivity index (χ2v) is 8.32. The third-order valence-corrected chi connectivity index (χ3v) is 5.95. The fourth-order valence-corrected chi connectivity index (χ4v) is 4.28. The van der Waals surface area contributed by atoms with Crippen LogP contribution in [0.2, 0.25) is 0 Å². The number of hydrogen-bond donors (Lipinski definition) is 0. The first-order chi connectivity index (χ1) is 15.5. The van der Waals surface area contributed by atoms with Crippen molar-refractivity contribution in [1.29, 1.82) is 0 Å². The molecule has 0 bridgehead atoms. The Labute approximate surface area is 186 Å². The lowest BCUT2D eigenvalue weighted by molar-refractivity contribution is 0.0985. The number of pyridine rings is 3. The van der Waals surface area contributed by atoms with Crippen LogP contribution in [0.15, 0.2) is 53.7 Å². The summed E-state index contributed by atoms with van der Waals surface area (Å²) < 4.78 is 9.36. The summed E-state index contributed by atoms with van der Waals surface area (Å²) >= 11 is 0. The minimum atomic E-state index is -0.00797. The maximum absolute atomic E-state index is 12.3. The summed E-state index contributed by atoms with van der Waals surface area (Å²) in [5.41, 5.74) is 4.30. The summed E-state index contributed by atoms with van der Waals surface area (Å²) in [5, 5.41) is 0. The number of fused-ring (bicyclic) bond motifs is 1. The Balaban J connectivity index is 1.69. The molecule has 32 heavy (non-hydrogen) atoms. The molecule has 0 radical (unpaired) electrons. The van der Waals surface area contributed by atoms with E-state index in [0.29, 0.717) is 25.3 Å². The molecule has 0 spiro atoms. The van der Waals surface area contributed by atoms with Gasteiger partial charge in [0.15, 0.2) is 0 Å². The van der Waals surface area contributed by atoms with Gasteiger partial charge in [0.05, 0.1) is 43.2 Å². The number of imidazole rings is 1. The van der Waals surface area contributed by atoms with Crippen molar-refractivity contribution in [3.8, 4) is 11.4 Å². The number of ether oxygens (including phenoxy) is 1.